The number of fused-ring (bicyclic) bond motifs is 1. The summed E-state index contributed by atoms with van der Waals surface area (Å²) >= 11 is 0. The van der Waals surface area contributed by atoms with Crippen molar-refractivity contribution in [1.29, 1.82) is 0 Å². The van der Waals surface area contributed by atoms with E-state index in [0.29, 0.717) is 0 Å². The average Bonchev–Trinajstić information content (AvgIpc) is 2.67. The molecule has 0 radical (unpaired) electrons. The maximum absolute atomic E-state index is 12.5. The van der Waals surface area contributed by atoms with Crippen molar-refractivity contribution >= 4 is 11.7 Å². The number of carbonyl (C=O) groups is 1. The summed E-state index contributed by atoms with van der Waals surface area (Å²) in [5, 5.41) is 4.29. The molecule has 0 aromatic heterocycles. The molecule has 0 amide bonds. The van der Waals surface area contributed by atoms with Gasteiger partial charge in [0.15, 0.2) is 0 Å². The summed E-state index contributed by atoms with van der Waals surface area (Å²) in [5.41, 5.74) is 0.0222. The minimum atomic E-state index is -0.659. The minimum Gasteiger partial charge on any atom is -0.468 e. The summed E-state index contributed by atoms with van der Waals surface area (Å²) in [4.78, 5) is 18.2. The van der Waals surface area contributed by atoms with Crippen LogP contribution in [0.15, 0.2) is 5.16 Å². The molecule has 108 valence electrons. The molecule has 1 aliphatic carbocycles. The summed E-state index contributed by atoms with van der Waals surface area (Å²) in [6.45, 7) is 6.25. The van der Waals surface area contributed by atoms with Crippen LogP contribution in [0.5, 0.6) is 0 Å². The fourth-order valence-electron chi connectivity index (χ4n) is 3.42. The molecular weight excluding hydrogens is 242 g/mol. The molecule has 1 aliphatic heterocycles. The number of hydrogen-bond donors (Lipinski definition) is 0. The van der Waals surface area contributed by atoms with Crippen molar-refractivity contribution in [3.8, 4) is 0 Å². The Morgan fingerprint density at radius 2 is 2.00 bits per heavy atom. The molecule has 2 aliphatic rings. The molecule has 19 heavy (non-hydrogen) atoms. The van der Waals surface area contributed by atoms with Gasteiger partial charge in [0.05, 0.1) is 12.8 Å². The lowest BCUT2D eigenvalue weighted by molar-refractivity contribution is -0.155. The highest BCUT2D eigenvalue weighted by atomic mass is 16.6. The summed E-state index contributed by atoms with van der Waals surface area (Å²) < 4.78 is 5.12. The van der Waals surface area contributed by atoms with E-state index < -0.39 is 5.41 Å². The first kappa shape index (κ1) is 14.4. The number of oxime groups is 1. The van der Waals surface area contributed by atoms with Crippen molar-refractivity contribution in [2.45, 2.75) is 65.4 Å². The second-order valence-corrected chi connectivity index (χ2v) is 6.70. The number of methoxy groups -OCH3 is 1. The highest BCUT2D eigenvalue weighted by Crippen LogP contribution is 2.47. The zero-order valence-corrected chi connectivity index (χ0v) is 12.5. The second kappa shape index (κ2) is 5.14. The third kappa shape index (κ3) is 2.37. The van der Waals surface area contributed by atoms with Gasteiger partial charge in [0, 0.05) is 5.41 Å². The van der Waals surface area contributed by atoms with E-state index in [9.17, 15) is 4.79 Å². The van der Waals surface area contributed by atoms with E-state index in [-0.39, 0.29) is 17.5 Å². The third-order valence-electron chi connectivity index (χ3n) is 4.29. The van der Waals surface area contributed by atoms with Crippen LogP contribution >= 0.6 is 0 Å². The van der Waals surface area contributed by atoms with Gasteiger partial charge in [0.1, 0.15) is 11.5 Å². The SMILES string of the molecule is COC(=O)C12CCCCCCC1ON=C2C(C)(C)C. The van der Waals surface area contributed by atoms with E-state index in [1.807, 2.05) is 0 Å². The molecule has 0 aromatic carbocycles. The zero-order chi connectivity index (χ0) is 14.1. The van der Waals surface area contributed by atoms with Crippen LogP contribution in [0.2, 0.25) is 0 Å². The molecule has 2 atom stereocenters. The van der Waals surface area contributed by atoms with Crippen LogP contribution in [-0.2, 0) is 14.4 Å². The Morgan fingerprint density at radius 3 is 2.63 bits per heavy atom. The molecule has 0 saturated heterocycles. The van der Waals surface area contributed by atoms with Crippen LogP contribution in [0.1, 0.15) is 59.3 Å². The lowest BCUT2D eigenvalue weighted by Gasteiger charge is -2.37. The lowest BCUT2D eigenvalue weighted by Crippen LogP contribution is -2.50. The van der Waals surface area contributed by atoms with Crippen LogP contribution in [0, 0.1) is 10.8 Å². The standard InChI is InChI=1S/C15H25NO3/c1-14(2,3)12-15(13(17)18-4)10-8-6-5-7-9-11(15)19-16-12/h11H,5-10H2,1-4H3. The van der Waals surface area contributed by atoms with E-state index in [1.54, 1.807) is 0 Å². The van der Waals surface area contributed by atoms with Crippen molar-refractivity contribution in [2.24, 2.45) is 16.0 Å². The van der Waals surface area contributed by atoms with Gasteiger partial charge < -0.3 is 9.57 Å². The fourth-order valence-corrected chi connectivity index (χ4v) is 3.42. The summed E-state index contributed by atoms with van der Waals surface area (Å²) in [6.07, 6.45) is 6.04. The van der Waals surface area contributed by atoms with Crippen LogP contribution in [0.4, 0.5) is 0 Å². The van der Waals surface area contributed by atoms with Gasteiger partial charge in [-0.05, 0) is 19.3 Å². The Balaban J connectivity index is 2.43. The number of nitrogens with zero attached hydrogens (tertiary/aromatic N) is 1. The average molecular weight is 267 g/mol. The van der Waals surface area contributed by atoms with Crippen LogP contribution < -0.4 is 0 Å². The summed E-state index contributed by atoms with van der Waals surface area (Å²) in [7, 11) is 1.46. The number of carbonyl (C=O) groups excluding carboxylic acids is 1. The normalized spacial score (nSPS) is 31.6. The second-order valence-electron chi connectivity index (χ2n) is 6.70. The van der Waals surface area contributed by atoms with Gasteiger partial charge in [-0.15, -0.1) is 0 Å². The summed E-state index contributed by atoms with van der Waals surface area (Å²) in [5.74, 6) is -0.175. The molecular formula is C15H25NO3. The first-order valence-corrected chi connectivity index (χ1v) is 7.26. The number of esters is 1. The van der Waals surface area contributed by atoms with Crippen molar-refractivity contribution in [3.05, 3.63) is 0 Å². The molecule has 1 saturated carbocycles. The molecule has 1 fully saturated rings. The van der Waals surface area contributed by atoms with Crippen molar-refractivity contribution < 1.29 is 14.4 Å². The van der Waals surface area contributed by atoms with Gasteiger partial charge in [0.25, 0.3) is 0 Å². The maximum atomic E-state index is 12.5. The zero-order valence-electron chi connectivity index (χ0n) is 12.5. The Bertz CT molecular complexity index is 383. The van der Waals surface area contributed by atoms with Crippen molar-refractivity contribution in [3.63, 3.8) is 0 Å². The van der Waals surface area contributed by atoms with Gasteiger partial charge in [-0.1, -0.05) is 45.2 Å². The maximum Gasteiger partial charge on any atom is 0.321 e. The third-order valence-corrected chi connectivity index (χ3v) is 4.29. The quantitative estimate of drug-likeness (QED) is 0.685. The fraction of sp³-hybridized carbons (Fsp3) is 0.867. The van der Waals surface area contributed by atoms with E-state index >= 15 is 0 Å². The topological polar surface area (TPSA) is 47.9 Å². The number of hydrogen-bond acceptors (Lipinski definition) is 4. The molecule has 4 heteroatoms. The highest BCUT2D eigenvalue weighted by Gasteiger charge is 2.58. The predicted molar refractivity (Wildman–Crippen MR) is 73.9 cm³/mol. The Kier molecular flexibility index (Phi) is 3.88. The minimum absolute atomic E-state index is 0.144. The van der Waals surface area contributed by atoms with Gasteiger partial charge in [-0.2, -0.15) is 0 Å². The van der Waals surface area contributed by atoms with Crippen LogP contribution in [-0.4, -0.2) is 24.9 Å². The molecule has 0 spiro atoms. The van der Waals surface area contributed by atoms with Gasteiger partial charge >= 0.3 is 5.97 Å². The van der Waals surface area contributed by atoms with Gasteiger partial charge in [0.2, 0.25) is 0 Å². The highest BCUT2D eigenvalue weighted by molar-refractivity contribution is 6.10. The van der Waals surface area contributed by atoms with E-state index in [4.69, 9.17) is 9.57 Å². The number of rotatable bonds is 1. The first-order chi connectivity index (χ1) is 8.93. The molecule has 4 nitrogen and oxygen atoms in total. The smallest absolute Gasteiger partial charge is 0.321 e. The van der Waals surface area contributed by atoms with Crippen molar-refractivity contribution in [2.75, 3.05) is 7.11 Å². The Morgan fingerprint density at radius 1 is 1.32 bits per heavy atom. The molecule has 0 N–H and O–H groups in total. The first-order valence-electron chi connectivity index (χ1n) is 7.26. The van der Waals surface area contributed by atoms with E-state index in [0.717, 1.165) is 31.4 Å². The van der Waals surface area contributed by atoms with E-state index in [2.05, 4.69) is 25.9 Å². The molecule has 2 rings (SSSR count). The van der Waals surface area contributed by atoms with Crippen molar-refractivity contribution in [1.82, 2.24) is 0 Å². The number of ether oxygens (including phenoxy) is 1. The lowest BCUT2D eigenvalue weighted by atomic mass is 9.64. The van der Waals surface area contributed by atoms with E-state index in [1.165, 1.54) is 20.0 Å². The molecule has 1 heterocycles. The molecule has 2 unspecified atom stereocenters. The largest absolute Gasteiger partial charge is 0.468 e. The Hall–Kier alpha value is -1.06. The molecule has 0 aromatic rings. The Labute approximate surface area is 115 Å². The summed E-state index contributed by atoms with van der Waals surface area (Å²) in [6, 6.07) is 0. The van der Waals surface area contributed by atoms with Gasteiger partial charge in [-0.3, -0.25) is 4.79 Å². The predicted octanol–water partition coefficient (Wildman–Crippen LogP) is 3.30. The van der Waals surface area contributed by atoms with Crippen LogP contribution in [0.25, 0.3) is 0 Å². The molecule has 0 bridgehead atoms. The van der Waals surface area contributed by atoms with Gasteiger partial charge in [-0.25, -0.2) is 0 Å². The van der Waals surface area contributed by atoms with Crippen LogP contribution in [0.3, 0.4) is 0 Å². The monoisotopic (exact) mass is 267 g/mol.